The SMILES string of the molecule is CCc1cccc(-c2cc(OC3OC(C)(C)[C@H](OC)[C@@H](O)[C@H]3O)cc(OC)c2CCNC(C)=O)c1. The largest absolute Gasteiger partial charge is 0.496 e. The molecular weight excluding hydrogens is 450 g/mol. The lowest BCUT2D eigenvalue weighted by molar-refractivity contribution is -0.305. The molecule has 0 radical (unpaired) electrons. The summed E-state index contributed by atoms with van der Waals surface area (Å²) < 4.78 is 23.1. The number of nitrogens with one attached hydrogen (secondary N) is 1. The second-order valence-corrected chi connectivity index (χ2v) is 9.28. The van der Waals surface area contributed by atoms with Crippen LogP contribution in [-0.4, -0.2) is 67.1 Å². The number of rotatable bonds is 9. The van der Waals surface area contributed by atoms with Crippen LogP contribution in [0, 0.1) is 0 Å². The van der Waals surface area contributed by atoms with E-state index in [9.17, 15) is 15.0 Å². The Balaban J connectivity index is 2.01. The molecule has 1 unspecified atom stereocenters. The molecule has 4 atom stereocenters. The number of aryl methyl sites for hydroxylation is 1. The Labute approximate surface area is 207 Å². The first-order chi connectivity index (χ1) is 16.6. The van der Waals surface area contributed by atoms with Crippen LogP contribution in [0.5, 0.6) is 11.5 Å². The number of methoxy groups -OCH3 is 2. The van der Waals surface area contributed by atoms with E-state index in [-0.39, 0.29) is 5.91 Å². The minimum absolute atomic E-state index is 0.0996. The average Bonchev–Trinajstić information content (AvgIpc) is 2.82. The fourth-order valence-corrected chi connectivity index (χ4v) is 4.55. The number of ether oxygens (including phenoxy) is 4. The second kappa shape index (κ2) is 11.4. The zero-order chi connectivity index (χ0) is 25.8. The Morgan fingerprint density at radius 1 is 1.14 bits per heavy atom. The van der Waals surface area contributed by atoms with E-state index >= 15 is 0 Å². The Bertz CT molecular complexity index is 1020. The van der Waals surface area contributed by atoms with Crippen LogP contribution in [0.1, 0.15) is 38.8 Å². The summed E-state index contributed by atoms with van der Waals surface area (Å²) in [5.74, 6) is 0.909. The first-order valence-corrected chi connectivity index (χ1v) is 11.9. The summed E-state index contributed by atoms with van der Waals surface area (Å²) in [5.41, 5.74) is 3.09. The van der Waals surface area contributed by atoms with E-state index in [4.69, 9.17) is 18.9 Å². The van der Waals surface area contributed by atoms with E-state index in [1.54, 1.807) is 27.0 Å². The lowest BCUT2D eigenvalue weighted by atomic mass is 9.89. The topological polar surface area (TPSA) is 106 Å². The van der Waals surface area contributed by atoms with Gasteiger partial charge in [0.25, 0.3) is 0 Å². The van der Waals surface area contributed by atoms with Crippen molar-refractivity contribution in [2.24, 2.45) is 0 Å². The van der Waals surface area contributed by atoms with Crippen LogP contribution >= 0.6 is 0 Å². The van der Waals surface area contributed by atoms with Crippen molar-refractivity contribution in [2.75, 3.05) is 20.8 Å². The van der Waals surface area contributed by atoms with Crippen LogP contribution in [0.4, 0.5) is 0 Å². The van der Waals surface area contributed by atoms with Gasteiger partial charge in [0.05, 0.1) is 12.7 Å². The normalized spacial score (nSPS) is 23.5. The third kappa shape index (κ3) is 6.13. The number of hydrogen-bond acceptors (Lipinski definition) is 7. The van der Waals surface area contributed by atoms with Crippen LogP contribution < -0.4 is 14.8 Å². The zero-order valence-electron chi connectivity index (χ0n) is 21.3. The summed E-state index contributed by atoms with van der Waals surface area (Å²) in [6.45, 7) is 7.59. The van der Waals surface area contributed by atoms with Gasteiger partial charge in [-0.05, 0) is 49.4 Å². The molecule has 0 spiro atoms. The molecule has 3 N–H and O–H groups in total. The molecule has 0 aliphatic carbocycles. The third-order valence-corrected chi connectivity index (χ3v) is 6.35. The zero-order valence-corrected chi connectivity index (χ0v) is 21.3. The van der Waals surface area contributed by atoms with Gasteiger partial charge in [0.2, 0.25) is 12.2 Å². The molecule has 0 bridgehead atoms. The van der Waals surface area contributed by atoms with Crippen molar-refractivity contribution in [2.45, 2.75) is 70.7 Å². The highest BCUT2D eigenvalue weighted by Gasteiger charge is 2.50. The number of aliphatic hydroxyl groups excluding tert-OH is 2. The molecular formula is C27H37NO7. The summed E-state index contributed by atoms with van der Waals surface area (Å²) >= 11 is 0. The van der Waals surface area contributed by atoms with Crippen molar-refractivity contribution in [3.05, 3.63) is 47.5 Å². The second-order valence-electron chi connectivity index (χ2n) is 9.28. The van der Waals surface area contributed by atoms with Crippen LogP contribution in [0.2, 0.25) is 0 Å². The molecule has 1 heterocycles. The Kier molecular flexibility index (Phi) is 8.77. The smallest absolute Gasteiger partial charge is 0.229 e. The fraction of sp³-hybridized carbons (Fsp3) is 0.519. The molecule has 192 valence electrons. The van der Waals surface area contributed by atoms with Crippen LogP contribution in [0.15, 0.2) is 36.4 Å². The maximum atomic E-state index is 11.4. The van der Waals surface area contributed by atoms with Gasteiger partial charge in [-0.15, -0.1) is 0 Å². The van der Waals surface area contributed by atoms with E-state index in [0.717, 1.165) is 23.1 Å². The fourth-order valence-electron chi connectivity index (χ4n) is 4.55. The van der Waals surface area contributed by atoms with Crippen molar-refractivity contribution < 1.29 is 34.0 Å². The molecule has 35 heavy (non-hydrogen) atoms. The highest BCUT2D eigenvalue weighted by molar-refractivity contribution is 5.74. The molecule has 8 nitrogen and oxygen atoms in total. The predicted octanol–water partition coefficient (Wildman–Crippen LogP) is 2.85. The first-order valence-electron chi connectivity index (χ1n) is 11.9. The minimum atomic E-state index is -1.31. The number of hydrogen-bond donors (Lipinski definition) is 3. The highest BCUT2D eigenvalue weighted by Crippen LogP contribution is 2.38. The minimum Gasteiger partial charge on any atom is -0.496 e. The average molecular weight is 488 g/mol. The number of carbonyl (C=O) groups is 1. The maximum Gasteiger partial charge on any atom is 0.229 e. The summed E-state index contributed by atoms with van der Waals surface area (Å²) in [6, 6.07) is 11.8. The van der Waals surface area contributed by atoms with Crippen LogP contribution in [-0.2, 0) is 27.1 Å². The monoisotopic (exact) mass is 487 g/mol. The lowest BCUT2D eigenvalue weighted by Crippen LogP contribution is -2.63. The summed E-state index contributed by atoms with van der Waals surface area (Å²) in [6.07, 6.45) is -2.89. The maximum absolute atomic E-state index is 11.4. The number of carbonyl (C=O) groups excluding carboxylic acids is 1. The van der Waals surface area contributed by atoms with Crippen LogP contribution in [0.3, 0.4) is 0 Å². The van der Waals surface area contributed by atoms with Crippen molar-refractivity contribution in [3.63, 3.8) is 0 Å². The molecule has 1 fully saturated rings. The summed E-state index contributed by atoms with van der Waals surface area (Å²) in [7, 11) is 3.05. The van der Waals surface area contributed by atoms with Crippen molar-refractivity contribution in [3.8, 4) is 22.6 Å². The molecule has 1 aliphatic heterocycles. The van der Waals surface area contributed by atoms with E-state index in [1.807, 2.05) is 18.2 Å². The molecule has 2 aromatic rings. The first kappa shape index (κ1) is 26.9. The van der Waals surface area contributed by atoms with Crippen molar-refractivity contribution in [1.29, 1.82) is 0 Å². The van der Waals surface area contributed by atoms with Gasteiger partial charge in [-0.3, -0.25) is 4.79 Å². The number of benzene rings is 2. The van der Waals surface area contributed by atoms with Gasteiger partial charge in [-0.25, -0.2) is 0 Å². The van der Waals surface area contributed by atoms with E-state index < -0.39 is 30.2 Å². The molecule has 1 saturated heterocycles. The predicted molar refractivity (Wildman–Crippen MR) is 133 cm³/mol. The quantitative estimate of drug-likeness (QED) is 0.499. The molecule has 3 rings (SSSR count). The van der Waals surface area contributed by atoms with Gasteiger partial charge in [0.1, 0.15) is 29.8 Å². The number of aliphatic hydroxyl groups is 2. The van der Waals surface area contributed by atoms with E-state index in [2.05, 4.69) is 24.4 Å². The Morgan fingerprint density at radius 2 is 1.89 bits per heavy atom. The molecule has 0 aromatic heterocycles. The Morgan fingerprint density at radius 3 is 2.51 bits per heavy atom. The lowest BCUT2D eigenvalue weighted by Gasteiger charge is -2.46. The van der Waals surface area contributed by atoms with E-state index in [0.29, 0.717) is 24.5 Å². The highest BCUT2D eigenvalue weighted by atomic mass is 16.7. The molecule has 8 heteroatoms. The van der Waals surface area contributed by atoms with Gasteiger partial charge < -0.3 is 34.5 Å². The van der Waals surface area contributed by atoms with Crippen molar-refractivity contribution >= 4 is 5.91 Å². The van der Waals surface area contributed by atoms with Crippen LogP contribution in [0.25, 0.3) is 11.1 Å². The van der Waals surface area contributed by atoms with Gasteiger partial charge in [0.15, 0.2) is 0 Å². The van der Waals surface area contributed by atoms with Crippen molar-refractivity contribution in [1.82, 2.24) is 5.32 Å². The molecule has 0 saturated carbocycles. The summed E-state index contributed by atoms with van der Waals surface area (Å²) in [4.78, 5) is 11.4. The molecule has 1 aliphatic rings. The van der Waals surface area contributed by atoms with E-state index in [1.165, 1.54) is 19.6 Å². The van der Waals surface area contributed by atoms with Gasteiger partial charge in [0, 0.05) is 32.2 Å². The van der Waals surface area contributed by atoms with Gasteiger partial charge in [-0.2, -0.15) is 0 Å². The Hall–Kier alpha value is -2.65. The summed E-state index contributed by atoms with van der Waals surface area (Å²) in [5, 5.41) is 24.1. The van der Waals surface area contributed by atoms with Gasteiger partial charge in [-0.1, -0.05) is 31.2 Å². The number of amides is 1. The molecule has 1 amide bonds. The standard InChI is InChI=1S/C27H37NO7/c1-7-17-9-8-10-18(13-17)21-14-19(15-22(32-5)20(21)11-12-28-16(2)29)34-26-24(31)23(30)25(33-6)27(3,4)35-26/h8-10,13-15,23-26,30-31H,7,11-12H2,1-6H3,(H,28,29)/t23-,24+,25+,26?/m0/s1. The van der Waals surface area contributed by atoms with Gasteiger partial charge >= 0.3 is 0 Å². The third-order valence-electron chi connectivity index (χ3n) is 6.35. The molecule has 2 aromatic carbocycles.